The van der Waals surface area contributed by atoms with E-state index in [9.17, 15) is 10.1 Å². The Kier molecular flexibility index (Phi) is 13.9. The van der Waals surface area contributed by atoms with E-state index in [0.29, 0.717) is 41.3 Å². The average molecular weight is 730 g/mol. The molecule has 262 valence electrons. The Bertz CT molecular complexity index is 1850. The van der Waals surface area contributed by atoms with Gasteiger partial charge < -0.3 is 34.1 Å². The number of rotatable bonds is 13. The van der Waals surface area contributed by atoms with Crippen molar-refractivity contribution >= 4 is 34.8 Å². The molecular weight excluding hydrogens is 698 g/mol. The van der Waals surface area contributed by atoms with Crippen LogP contribution < -0.4 is 14.8 Å². The molecule has 1 aliphatic rings. The van der Waals surface area contributed by atoms with E-state index in [1.54, 1.807) is 67.8 Å². The van der Waals surface area contributed by atoms with E-state index in [0.717, 1.165) is 18.1 Å². The van der Waals surface area contributed by atoms with Crippen LogP contribution in [0, 0.1) is 15.9 Å². The van der Waals surface area contributed by atoms with Crippen molar-refractivity contribution in [2.75, 3.05) is 33.9 Å². The summed E-state index contributed by atoms with van der Waals surface area (Å²) < 4.78 is 31.8. The summed E-state index contributed by atoms with van der Waals surface area (Å²) in [6, 6.07) is 16.9. The summed E-state index contributed by atoms with van der Waals surface area (Å²) in [5.74, 6) is -0.630. The van der Waals surface area contributed by atoms with Gasteiger partial charge in [-0.2, -0.15) is 14.4 Å². The molecule has 50 heavy (non-hydrogen) atoms. The largest absolute Gasteiger partial charge is 0.470 e. The lowest BCUT2D eigenvalue weighted by Crippen LogP contribution is -2.30. The van der Waals surface area contributed by atoms with Crippen molar-refractivity contribution in [3.8, 4) is 23.3 Å². The predicted octanol–water partition coefficient (Wildman–Crippen LogP) is 6.42. The Labute approximate surface area is 296 Å². The first-order valence-electron chi connectivity index (χ1n) is 14.8. The number of aromatic nitrogens is 3. The molecule has 18 heteroatoms. The van der Waals surface area contributed by atoms with E-state index < -0.39 is 10.7 Å². The van der Waals surface area contributed by atoms with E-state index in [1.165, 1.54) is 7.11 Å². The molecule has 0 amide bonds. The maximum atomic E-state index is 15.1. The minimum atomic E-state index is -0.915. The van der Waals surface area contributed by atoms with Crippen LogP contribution >= 0.6 is 23.2 Å². The molecule has 0 spiro atoms. The third kappa shape index (κ3) is 10.4. The number of para-hydroxylation sites is 2. The van der Waals surface area contributed by atoms with Gasteiger partial charge in [-0.3, -0.25) is 10.1 Å². The lowest BCUT2D eigenvalue weighted by molar-refractivity contribution is -0.404. The monoisotopic (exact) mass is 728 g/mol. The highest BCUT2D eigenvalue weighted by Gasteiger charge is 2.24. The molecule has 0 saturated heterocycles. The third-order valence-electron chi connectivity index (χ3n) is 6.43. The second kappa shape index (κ2) is 18.7. The first kappa shape index (κ1) is 37.1. The maximum Gasteiger partial charge on any atom is 0.280 e. The van der Waals surface area contributed by atoms with Crippen molar-refractivity contribution in [1.29, 1.82) is 0 Å². The lowest BCUT2D eigenvalue weighted by Gasteiger charge is -2.23. The van der Waals surface area contributed by atoms with Gasteiger partial charge in [0.15, 0.2) is 18.1 Å². The minimum absolute atomic E-state index is 0.0973. The maximum absolute atomic E-state index is 15.1. The summed E-state index contributed by atoms with van der Waals surface area (Å²) >= 11 is 11.8. The first-order chi connectivity index (χ1) is 24.2. The Morgan fingerprint density at radius 3 is 2.36 bits per heavy atom. The SMILES string of the molecule is CCN(Cc1ccc(Cl)nc1)/C(=C/[N+](=O)[O-])NC.CO/N=C(/C1=NOCCO1)c1ccccc1Oc1ncnc(Oc2ccccc2Cl)c1F. The molecule has 15 nitrogen and oxygen atoms in total. The van der Waals surface area contributed by atoms with E-state index in [4.69, 9.17) is 47.1 Å². The van der Waals surface area contributed by atoms with E-state index in [1.807, 2.05) is 17.9 Å². The second-order valence-electron chi connectivity index (χ2n) is 9.68. The van der Waals surface area contributed by atoms with Gasteiger partial charge in [0.1, 0.15) is 36.7 Å². The molecule has 0 saturated carbocycles. The van der Waals surface area contributed by atoms with Crippen LogP contribution in [0.2, 0.25) is 10.2 Å². The van der Waals surface area contributed by atoms with E-state index >= 15 is 4.39 Å². The predicted molar refractivity (Wildman–Crippen MR) is 182 cm³/mol. The molecule has 1 N–H and O–H groups in total. The van der Waals surface area contributed by atoms with Crippen molar-refractivity contribution in [1.82, 2.24) is 25.2 Å². The molecule has 0 fully saturated rings. The average Bonchev–Trinajstić information content (AvgIpc) is 3.13. The molecule has 2 aromatic carbocycles. The summed E-state index contributed by atoms with van der Waals surface area (Å²) in [7, 11) is 3.02. The molecule has 1 aliphatic heterocycles. The molecular formula is C32H31Cl2FN8O7. The summed E-state index contributed by atoms with van der Waals surface area (Å²) in [4.78, 5) is 33.6. The first-order valence-corrected chi connectivity index (χ1v) is 15.5. The van der Waals surface area contributed by atoms with E-state index in [2.05, 4.69) is 30.6 Å². The van der Waals surface area contributed by atoms with Gasteiger partial charge in [0.2, 0.25) is 5.82 Å². The topological polar surface area (TPSA) is 168 Å². The number of pyridine rings is 1. The normalized spacial score (nSPS) is 12.6. The Morgan fingerprint density at radius 2 is 1.76 bits per heavy atom. The fourth-order valence-electron chi connectivity index (χ4n) is 4.17. The van der Waals surface area contributed by atoms with Crippen LogP contribution in [0.3, 0.4) is 0 Å². The summed E-state index contributed by atoms with van der Waals surface area (Å²) in [6.07, 6.45) is 3.72. The summed E-state index contributed by atoms with van der Waals surface area (Å²) in [5, 5.41) is 21.9. The fraction of sp³-hybridized carbons (Fsp3) is 0.219. The standard InChI is InChI=1S/C21H16ClFN4O5.C11H15ClN4O2/c1-28-26-18(21-27-30-11-10-29-21)13-6-2-4-8-15(13)31-19-17(23)20(25-12-24-19)32-16-9-5-3-7-14(16)22;1-3-15(11(13-2)8-16(17)18)7-9-4-5-10(12)14-6-9/h2-9,12H,10-11H2,1H3;4-6,8,13H,3,7H2,1-2H3/b26-18+;11-8+. The fourth-order valence-corrected chi connectivity index (χ4v) is 4.46. The van der Waals surface area contributed by atoms with Crippen molar-refractivity contribution < 1.29 is 33.2 Å². The van der Waals surface area contributed by atoms with Crippen molar-refractivity contribution in [2.24, 2.45) is 10.3 Å². The minimum Gasteiger partial charge on any atom is -0.470 e. The van der Waals surface area contributed by atoms with Crippen molar-refractivity contribution in [3.63, 3.8) is 0 Å². The highest BCUT2D eigenvalue weighted by molar-refractivity contribution is 6.45. The van der Waals surface area contributed by atoms with Crippen LogP contribution in [0.5, 0.6) is 23.3 Å². The van der Waals surface area contributed by atoms with Gasteiger partial charge in [0.05, 0.1) is 15.5 Å². The van der Waals surface area contributed by atoms with Crippen LogP contribution in [-0.4, -0.2) is 70.3 Å². The highest BCUT2D eigenvalue weighted by Crippen LogP contribution is 2.33. The zero-order valence-electron chi connectivity index (χ0n) is 27.0. The van der Waals surface area contributed by atoms with Gasteiger partial charge in [-0.15, -0.1) is 0 Å². The highest BCUT2D eigenvalue weighted by atomic mass is 35.5. The van der Waals surface area contributed by atoms with Crippen LogP contribution in [0.4, 0.5) is 4.39 Å². The molecule has 0 bridgehead atoms. The number of hydrogen-bond acceptors (Lipinski definition) is 14. The van der Waals surface area contributed by atoms with Gasteiger partial charge in [-0.05, 0) is 48.0 Å². The number of nitrogens with one attached hydrogen (secondary N) is 1. The Morgan fingerprint density at radius 1 is 1.06 bits per heavy atom. The molecule has 5 rings (SSSR count). The zero-order chi connectivity index (χ0) is 35.9. The van der Waals surface area contributed by atoms with Gasteiger partial charge in [-0.1, -0.05) is 58.7 Å². The van der Waals surface area contributed by atoms with Crippen LogP contribution in [0.1, 0.15) is 18.1 Å². The second-order valence-corrected chi connectivity index (χ2v) is 10.5. The smallest absolute Gasteiger partial charge is 0.280 e. The zero-order valence-corrected chi connectivity index (χ0v) is 28.5. The number of ether oxygens (including phenoxy) is 3. The number of hydrogen-bond donors (Lipinski definition) is 1. The van der Waals surface area contributed by atoms with Crippen molar-refractivity contribution in [2.45, 2.75) is 13.5 Å². The summed E-state index contributed by atoms with van der Waals surface area (Å²) in [6.45, 7) is 3.69. The quantitative estimate of drug-likeness (QED) is 0.0696. The molecule has 0 unspecified atom stereocenters. The molecule has 0 aliphatic carbocycles. The van der Waals surface area contributed by atoms with Gasteiger partial charge in [0.25, 0.3) is 23.9 Å². The van der Waals surface area contributed by atoms with Crippen LogP contribution in [0.25, 0.3) is 0 Å². The lowest BCUT2D eigenvalue weighted by atomic mass is 10.1. The van der Waals surface area contributed by atoms with Gasteiger partial charge in [-0.25, -0.2) is 4.98 Å². The van der Waals surface area contributed by atoms with Crippen LogP contribution in [0.15, 0.2) is 95.5 Å². The molecule has 4 aromatic rings. The van der Waals surface area contributed by atoms with E-state index in [-0.39, 0.29) is 41.5 Å². The molecule has 0 radical (unpaired) electrons. The third-order valence-corrected chi connectivity index (χ3v) is 6.97. The number of nitrogens with zero attached hydrogens (tertiary/aromatic N) is 7. The van der Waals surface area contributed by atoms with Gasteiger partial charge >= 0.3 is 0 Å². The Hall–Kier alpha value is -5.74. The molecule has 3 heterocycles. The number of benzene rings is 2. The number of halogens is 3. The molecule has 0 atom stereocenters. The van der Waals surface area contributed by atoms with Gasteiger partial charge in [0, 0.05) is 26.3 Å². The number of nitro groups is 1. The van der Waals surface area contributed by atoms with Crippen LogP contribution in [-0.2, 0) is 21.0 Å². The Balaban J connectivity index is 0.000000266. The van der Waals surface area contributed by atoms with Crippen molar-refractivity contribution in [3.05, 3.63) is 122 Å². The molecule has 2 aromatic heterocycles. The summed E-state index contributed by atoms with van der Waals surface area (Å²) in [5.41, 5.74) is 1.54. The number of oxime groups is 2.